The van der Waals surface area contributed by atoms with Crippen LogP contribution in [0.3, 0.4) is 0 Å². The van der Waals surface area contributed by atoms with Gasteiger partial charge in [-0.25, -0.2) is 41.3 Å². The highest BCUT2D eigenvalue weighted by atomic mass is 19.2. The summed E-state index contributed by atoms with van der Waals surface area (Å²) in [5.41, 5.74) is 19.4. The molecule has 15 rings (SSSR count). The van der Waals surface area contributed by atoms with Gasteiger partial charge in [0.15, 0.2) is 0 Å². The van der Waals surface area contributed by atoms with Crippen LogP contribution in [0.4, 0.5) is 43.8 Å². The molecule has 11 nitrogen and oxygen atoms in total. The maximum absolute atomic E-state index is 12.8. The first-order valence-corrected chi connectivity index (χ1v) is 36.6. The van der Waals surface area contributed by atoms with Crippen LogP contribution in [0.5, 0.6) is 0 Å². The Labute approximate surface area is 624 Å². The summed E-state index contributed by atoms with van der Waals surface area (Å²) in [5.74, 6) is 0.983. The number of aromatic amines is 2. The van der Waals surface area contributed by atoms with E-state index in [0.717, 1.165) is 127 Å². The summed E-state index contributed by atoms with van der Waals surface area (Å²) in [5, 5.41) is 1.96. The summed E-state index contributed by atoms with van der Waals surface area (Å²) in [6.45, 7) is 36.1. The van der Waals surface area contributed by atoms with Crippen molar-refractivity contribution in [1.82, 2.24) is 29.9 Å². The van der Waals surface area contributed by atoms with Gasteiger partial charge >= 0.3 is 0 Å². The van der Waals surface area contributed by atoms with Crippen LogP contribution in [-0.4, -0.2) is 95.6 Å². The molecule has 2 N–H and O–H groups in total. The molecule has 3 aliphatic rings. The molecule has 3 fully saturated rings. The Kier molecular flexibility index (Phi) is 34.0. The van der Waals surface area contributed by atoms with Crippen LogP contribution in [0.15, 0.2) is 195 Å². The van der Waals surface area contributed by atoms with Gasteiger partial charge in [-0.15, -0.1) is 0 Å². The normalized spacial score (nSPS) is 12.9. The number of aromatic nitrogens is 6. The molecule has 17 heteroatoms. The molecule has 6 aromatic heterocycles. The number of benzene rings is 6. The summed E-state index contributed by atoms with van der Waals surface area (Å²) in [6, 6.07) is 48.2. The number of hydrogen-bond donors (Lipinski definition) is 2. The van der Waals surface area contributed by atoms with Gasteiger partial charge in [0, 0.05) is 115 Å². The first-order chi connectivity index (χ1) is 51.0. The van der Waals surface area contributed by atoms with Crippen molar-refractivity contribution in [1.29, 1.82) is 0 Å². The molecule has 3 saturated heterocycles. The Morgan fingerprint density at radius 2 is 0.858 bits per heavy atom. The third-order valence-electron chi connectivity index (χ3n) is 18.0. The molecule has 12 aromatic rings. The average molecular weight is 1450 g/mol. The maximum atomic E-state index is 12.8. The Hall–Kier alpha value is -10.1. The molecule has 106 heavy (non-hydrogen) atoms. The van der Waals surface area contributed by atoms with Crippen LogP contribution in [0.2, 0.25) is 0 Å². The molecule has 560 valence electrons. The van der Waals surface area contributed by atoms with E-state index in [-0.39, 0.29) is 11.6 Å². The monoisotopic (exact) mass is 1450 g/mol. The van der Waals surface area contributed by atoms with Gasteiger partial charge < -0.3 is 34.1 Å². The fourth-order valence-corrected chi connectivity index (χ4v) is 11.8. The zero-order valence-corrected chi connectivity index (χ0v) is 64.0. The molecule has 0 aliphatic carbocycles. The molecule has 0 spiro atoms. The number of rotatable bonds is 7. The smallest absolute Gasteiger partial charge is 0.129 e. The summed E-state index contributed by atoms with van der Waals surface area (Å²) in [4.78, 5) is 30.7. The van der Waals surface area contributed by atoms with E-state index in [0.29, 0.717) is 24.0 Å². The van der Waals surface area contributed by atoms with E-state index in [1.54, 1.807) is 24.3 Å². The standard InChI is InChI=1S/C13H13N.C11H16N2O.C11H16N2.C10H10FN.C10H14N2O.C9H8FN.C9H12.2C8H8F2/c1-10-4-3-5-12(8-10)13-9-11(2)6-7-14-13;1-9-7-10(2)12-11(8-9)13-3-5-14-6-4-13;1-10-5-6-12-11(9-10)13-7-3-2-4-8-13;1-2-7-6-12-10-4-3-8(11)5-9(7)10;1-9-2-3-11-10(8-9)12-4-6-13-7-5-12;1-6-5-11-9-3-2-7(10)4-8(6)9;1-7-5-4-6-8(2)9(7)3;1-2-6-3-7(9)5-8(10)4-6;1-2-6-3-4-7(9)5-8(6)10/h3-9H,1-2H3;7-8H,3-6H2,1-2H3;5-6,9H,2-4,7-8H2,1H3;3-6,12H,2H2,1H3;2-3,8H,4-7H2,1H3;2-5,11H,1H3;4-6H,1-3H3;2*3-5H,2H2,1H3. The number of halogens is 6. The second kappa shape index (κ2) is 43.4. The van der Waals surface area contributed by atoms with Crippen molar-refractivity contribution in [2.75, 3.05) is 80.4 Å². The highest BCUT2D eigenvalue weighted by Crippen LogP contribution is 2.24. The summed E-state index contributed by atoms with van der Waals surface area (Å²) in [6.07, 6.45) is 15.6. The fraction of sp³-hybridized carbons (Fsp3) is 0.326. The highest BCUT2D eigenvalue weighted by molar-refractivity contribution is 5.83. The number of ether oxygens (including phenoxy) is 2. The molecule has 0 radical (unpaired) electrons. The van der Waals surface area contributed by atoms with Crippen molar-refractivity contribution in [3.63, 3.8) is 0 Å². The lowest BCUT2D eigenvalue weighted by Crippen LogP contribution is -2.36. The van der Waals surface area contributed by atoms with E-state index >= 15 is 0 Å². The molecule has 6 aromatic carbocycles. The first kappa shape index (κ1) is 83.2. The van der Waals surface area contributed by atoms with Gasteiger partial charge in [-0.05, 0) is 278 Å². The van der Waals surface area contributed by atoms with E-state index in [4.69, 9.17) is 9.47 Å². The Bertz CT molecular complexity index is 4470. The molecule has 0 bridgehead atoms. The third-order valence-corrected chi connectivity index (χ3v) is 18.0. The van der Waals surface area contributed by atoms with E-state index < -0.39 is 23.3 Å². The van der Waals surface area contributed by atoms with Gasteiger partial charge in [0.1, 0.15) is 52.4 Å². The highest BCUT2D eigenvalue weighted by Gasteiger charge is 2.15. The van der Waals surface area contributed by atoms with E-state index in [1.165, 1.54) is 124 Å². The van der Waals surface area contributed by atoms with Crippen molar-refractivity contribution in [3.8, 4) is 11.3 Å². The van der Waals surface area contributed by atoms with Gasteiger partial charge in [0.25, 0.3) is 0 Å². The molecule has 3 aliphatic heterocycles. The van der Waals surface area contributed by atoms with Crippen molar-refractivity contribution in [3.05, 3.63) is 302 Å². The van der Waals surface area contributed by atoms with Crippen molar-refractivity contribution < 1.29 is 35.8 Å². The Morgan fingerprint density at radius 3 is 1.38 bits per heavy atom. The lowest BCUT2D eigenvalue weighted by molar-refractivity contribution is 0.122. The fourth-order valence-electron chi connectivity index (χ4n) is 11.8. The van der Waals surface area contributed by atoms with E-state index in [9.17, 15) is 26.3 Å². The van der Waals surface area contributed by atoms with E-state index in [2.05, 4.69) is 180 Å². The van der Waals surface area contributed by atoms with Gasteiger partial charge in [0.05, 0.1) is 32.1 Å². The predicted octanol–water partition coefficient (Wildman–Crippen LogP) is 21.7. The summed E-state index contributed by atoms with van der Waals surface area (Å²) in [7, 11) is 0. The maximum Gasteiger partial charge on any atom is 0.129 e. The Balaban J connectivity index is 0.000000167. The predicted molar refractivity (Wildman–Crippen MR) is 426 cm³/mol. The van der Waals surface area contributed by atoms with Crippen molar-refractivity contribution in [2.45, 2.75) is 129 Å². The van der Waals surface area contributed by atoms with Crippen LogP contribution in [0.25, 0.3) is 33.1 Å². The van der Waals surface area contributed by atoms with Crippen LogP contribution < -0.4 is 14.7 Å². The van der Waals surface area contributed by atoms with Gasteiger partial charge in [-0.3, -0.25) is 4.98 Å². The first-order valence-electron chi connectivity index (χ1n) is 36.6. The number of anilines is 3. The second-order valence-electron chi connectivity index (χ2n) is 26.6. The topological polar surface area (TPSA) is 111 Å². The molecule has 0 unspecified atom stereocenters. The van der Waals surface area contributed by atoms with Crippen LogP contribution in [0, 0.1) is 104 Å². The number of nitrogens with zero attached hydrogens (tertiary/aromatic N) is 7. The number of hydrogen-bond acceptors (Lipinski definition) is 9. The number of fused-ring (bicyclic) bond motifs is 2. The zero-order chi connectivity index (χ0) is 76.5. The molecule has 0 atom stereocenters. The van der Waals surface area contributed by atoms with Crippen molar-refractivity contribution in [2.24, 2.45) is 0 Å². The number of pyridine rings is 4. The van der Waals surface area contributed by atoms with Crippen molar-refractivity contribution >= 4 is 39.3 Å². The minimum Gasteiger partial charge on any atom is -0.378 e. The number of nitrogens with one attached hydrogen (secondary N) is 2. The number of morpholine rings is 2. The number of aryl methyl sites for hydroxylation is 12. The van der Waals surface area contributed by atoms with Crippen LogP contribution >= 0.6 is 0 Å². The van der Waals surface area contributed by atoms with Gasteiger partial charge in [-0.2, -0.15) is 0 Å². The Morgan fingerprint density at radius 1 is 0.377 bits per heavy atom. The quantitative estimate of drug-likeness (QED) is 0.151. The lowest BCUT2D eigenvalue weighted by atomic mass is 10.1. The molecular formula is C89H105F6N9O2. The van der Waals surface area contributed by atoms with E-state index in [1.807, 2.05) is 76.9 Å². The molecule has 9 heterocycles. The minimum atomic E-state index is -0.519. The largest absolute Gasteiger partial charge is 0.378 e. The summed E-state index contributed by atoms with van der Waals surface area (Å²) < 4.78 is 85.7. The van der Waals surface area contributed by atoms with Gasteiger partial charge in [0.2, 0.25) is 0 Å². The second-order valence-corrected chi connectivity index (χ2v) is 26.6. The lowest BCUT2D eigenvalue weighted by Gasteiger charge is -2.28. The molecular weight excluding hydrogens is 1340 g/mol. The molecule has 0 saturated carbocycles. The van der Waals surface area contributed by atoms with Crippen LogP contribution in [-0.2, 0) is 28.7 Å². The van der Waals surface area contributed by atoms with Crippen LogP contribution in [0.1, 0.15) is 112 Å². The zero-order valence-electron chi connectivity index (χ0n) is 64.0. The summed E-state index contributed by atoms with van der Waals surface area (Å²) >= 11 is 0. The van der Waals surface area contributed by atoms with Gasteiger partial charge in [-0.1, -0.05) is 68.8 Å². The minimum absolute atomic E-state index is 0.170. The molecule has 0 amide bonds. The third kappa shape index (κ3) is 27.7. The number of H-pyrrole nitrogens is 2. The number of piperidine rings is 1. The average Bonchev–Trinajstić information content (AvgIpc) is 1.47. The SMILES string of the molecule is CCc1c[nH]c2ccc(F)cc12.CCc1cc(F)cc(F)c1.CCc1ccc(F)cc1F.Cc1c[nH]c2ccc(F)cc12.Cc1cc(C)nc(N2CCOCC2)c1.Cc1cccc(-c2cc(C)ccn2)c1.Cc1cccc(C)c1C.Cc1ccnc(N2CCCCC2)c1.Cc1ccnc(N2CCOCC2)c1.